The van der Waals surface area contributed by atoms with Crippen LogP contribution in [0.5, 0.6) is 0 Å². The van der Waals surface area contributed by atoms with Crippen LogP contribution in [0.15, 0.2) is 18.5 Å². The molecule has 1 heterocycles. The zero-order chi connectivity index (χ0) is 12.3. The van der Waals surface area contributed by atoms with E-state index in [9.17, 15) is 9.50 Å². The number of nitrogens with zero attached hydrogens (tertiary/aromatic N) is 1. The van der Waals surface area contributed by atoms with Crippen molar-refractivity contribution in [1.82, 2.24) is 4.98 Å². The Kier molecular flexibility index (Phi) is 4.07. The van der Waals surface area contributed by atoms with Crippen molar-refractivity contribution in [1.29, 1.82) is 0 Å². The van der Waals surface area contributed by atoms with Crippen molar-refractivity contribution in [3.8, 4) is 0 Å². The third-order valence-corrected chi connectivity index (χ3v) is 3.26. The molecule has 0 spiro atoms. The van der Waals surface area contributed by atoms with Crippen LogP contribution < -0.4 is 0 Å². The van der Waals surface area contributed by atoms with Crippen LogP contribution in [0.1, 0.15) is 37.9 Å². The number of halogens is 1. The van der Waals surface area contributed by atoms with Gasteiger partial charge < -0.3 is 9.84 Å². The lowest BCUT2D eigenvalue weighted by Crippen LogP contribution is -2.32. The van der Waals surface area contributed by atoms with Crippen LogP contribution in [0.3, 0.4) is 0 Å². The summed E-state index contributed by atoms with van der Waals surface area (Å²) in [5.74, 6) is 0.0761. The number of hydrogen-bond acceptors (Lipinski definition) is 3. The van der Waals surface area contributed by atoms with Crippen molar-refractivity contribution in [3.05, 3.63) is 29.8 Å². The van der Waals surface area contributed by atoms with E-state index in [0.29, 0.717) is 24.0 Å². The van der Waals surface area contributed by atoms with Crippen LogP contribution in [0.4, 0.5) is 4.39 Å². The summed E-state index contributed by atoms with van der Waals surface area (Å²) in [5.41, 5.74) is 0.560. The topological polar surface area (TPSA) is 42.4 Å². The SMILES string of the molecule is CCOC1CC(CC(O)c2cncc(F)c2)C1. The average molecular weight is 239 g/mol. The molecule has 3 nitrogen and oxygen atoms in total. The summed E-state index contributed by atoms with van der Waals surface area (Å²) < 4.78 is 18.4. The van der Waals surface area contributed by atoms with Crippen molar-refractivity contribution < 1.29 is 14.2 Å². The molecule has 1 fully saturated rings. The fourth-order valence-corrected chi connectivity index (χ4v) is 2.30. The molecule has 0 aliphatic heterocycles. The third-order valence-electron chi connectivity index (χ3n) is 3.26. The Balaban J connectivity index is 1.80. The average Bonchev–Trinajstić information content (AvgIpc) is 2.26. The highest BCUT2D eigenvalue weighted by molar-refractivity contribution is 5.13. The van der Waals surface area contributed by atoms with Crippen molar-refractivity contribution >= 4 is 0 Å². The zero-order valence-corrected chi connectivity index (χ0v) is 9.97. The fourth-order valence-electron chi connectivity index (χ4n) is 2.30. The molecule has 94 valence electrons. The maximum atomic E-state index is 12.9. The van der Waals surface area contributed by atoms with Crippen LogP contribution in [0.25, 0.3) is 0 Å². The molecular weight excluding hydrogens is 221 g/mol. The van der Waals surface area contributed by atoms with Gasteiger partial charge in [0.1, 0.15) is 5.82 Å². The lowest BCUT2D eigenvalue weighted by molar-refractivity contribution is -0.0380. The van der Waals surface area contributed by atoms with E-state index in [1.54, 1.807) is 0 Å². The molecule has 4 heteroatoms. The Hall–Kier alpha value is -1.00. The minimum atomic E-state index is -0.620. The van der Waals surface area contributed by atoms with E-state index < -0.39 is 11.9 Å². The summed E-state index contributed by atoms with van der Waals surface area (Å²) in [7, 11) is 0. The summed E-state index contributed by atoms with van der Waals surface area (Å²) >= 11 is 0. The first-order valence-electron chi connectivity index (χ1n) is 6.09. The standard InChI is InChI=1S/C13H18FNO2/c1-2-17-12-3-9(4-12)5-13(16)10-6-11(14)8-15-7-10/h6-9,12-13,16H,2-5H2,1H3. The number of rotatable bonds is 5. The summed E-state index contributed by atoms with van der Waals surface area (Å²) in [6.45, 7) is 2.73. The van der Waals surface area contributed by atoms with Gasteiger partial charge in [0.15, 0.2) is 0 Å². The monoisotopic (exact) mass is 239 g/mol. The summed E-state index contributed by atoms with van der Waals surface area (Å²) in [4.78, 5) is 3.74. The van der Waals surface area contributed by atoms with Gasteiger partial charge in [0, 0.05) is 18.4 Å². The van der Waals surface area contributed by atoms with Gasteiger partial charge in [0.2, 0.25) is 0 Å². The molecule has 0 aromatic carbocycles. The summed E-state index contributed by atoms with van der Waals surface area (Å²) in [6.07, 6.45) is 5.04. The highest BCUT2D eigenvalue weighted by atomic mass is 19.1. The van der Waals surface area contributed by atoms with E-state index in [4.69, 9.17) is 4.74 Å². The Morgan fingerprint density at radius 1 is 1.53 bits per heavy atom. The van der Waals surface area contributed by atoms with Gasteiger partial charge in [0.25, 0.3) is 0 Å². The van der Waals surface area contributed by atoms with Crippen LogP contribution >= 0.6 is 0 Å². The van der Waals surface area contributed by atoms with Crippen LogP contribution in [0, 0.1) is 11.7 Å². The third kappa shape index (κ3) is 3.23. The van der Waals surface area contributed by atoms with Gasteiger partial charge >= 0.3 is 0 Å². The van der Waals surface area contributed by atoms with Crippen molar-refractivity contribution in [2.75, 3.05) is 6.61 Å². The van der Waals surface area contributed by atoms with Crippen molar-refractivity contribution in [2.45, 2.75) is 38.4 Å². The van der Waals surface area contributed by atoms with Crippen LogP contribution in [0.2, 0.25) is 0 Å². The van der Waals surface area contributed by atoms with Crippen LogP contribution in [-0.2, 0) is 4.74 Å². The van der Waals surface area contributed by atoms with E-state index in [1.807, 2.05) is 6.92 Å². The maximum absolute atomic E-state index is 12.9. The molecule has 2 rings (SSSR count). The molecule has 1 atom stereocenters. The van der Waals surface area contributed by atoms with E-state index in [-0.39, 0.29) is 0 Å². The second-order valence-electron chi connectivity index (χ2n) is 4.60. The molecule has 1 aliphatic rings. The van der Waals surface area contributed by atoms with E-state index >= 15 is 0 Å². The molecule has 0 amide bonds. The largest absolute Gasteiger partial charge is 0.388 e. The molecule has 1 N–H and O–H groups in total. The quantitative estimate of drug-likeness (QED) is 0.858. The van der Waals surface area contributed by atoms with E-state index in [0.717, 1.165) is 25.6 Å². The van der Waals surface area contributed by atoms with Gasteiger partial charge in [-0.25, -0.2) is 4.39 Å². The number of aliphatic hydroxyl groups is 1. The minimum Gasteiger partial charge on any atom is -0.388 e. The van der Waals surface area contributed by atoms with Crippen molar-refractivity contribution in [3.63, 3.8) is 0 Å². The summed E-state index contributed by atoms with van der Waals surface area (Å²) in [6, 6.07) is 1.34. The highest BCUT2D eigenvalue weighted by Gasteiger charge is 2.31. The maximum Gasteiger partial charge on any atom is 0.141 e. The second-order valence-corrected chi connectivity index (χ2v) is 4.60. The molecule has 1 aromatic heterocycles. The highest BCUT2D eigenvalue weighted by Crippen LogP contribution is 2.36. The number of pyridine rings is 1. The second kappa shape index (κ2) is 5.56. The zero-order valence-electron chi connectivity index (χ0n) is 9.97. The predicted molar refractivity (Wildman–Crippen MR) is 61.9 cm³/mol. The van der Waals surface area contributed by atoms with Crippen molar-refractivity contribution in [2.24, 2.45) is 5.92 Å². The first kappa shape index (κ1) is 12.5. The smallest absolute Gasteiger partial charge is 0.141 e. The lowest BCUT2D eigenvalue weighted by atomic mass is 9.78. The Morgan fingerprint density at radius 3 is 2.94 bits per heavy atom. The molecular formula is C13H18FNO2. The van der Waals surface area contributed by atoms with E-state index in [2.05, 4.69) is 4.98 Å². The number of aromatic nitrogens is 1. The Morgan fingerprint density at radius 2 is 2.29 bits per heavy atom. The first-order valence-corrected chi connectivity index (χ1v) is 6.09. The van der Waals surface area contributed by atoms with Gasteiger partial charge in [-0.3, -0.25) is 4.98 Å². The molecule has 1 aromatic rings. The number of ether oxygens (including phenoxy) is 1. The molecule has 0 bridgehead atoms. The Bertz CT molecular complexity index is 366. The lowest BCUT2D eigenvalue weighted by Gasteiger charge is -2.36. The first-order chi connectivity index (χ1) is 8.19. The normalized spacial score (nSPS) is 25.4. The number of aliphatic hydroxyl groups excluding tert-OH is 1. The van der Waals surface area contributed by atoms with Gasteiger partial charge in [-0.05, 0) is 38.2 Å². The van der Waals surface area contributed by atoms with Crippen LogP contribution in [-0.4, -0.2) is 22.8 Å². The number of hydrogen-bond donors (Lipinski definition) is 1. The van der Waals surface area contributed by atoms with Gasteiger partial charge in [-0.15, -0.1) is 0 Å². The summed E-state index contributed by atoms with van der Waals surface area (Å²) in [5, 5.41) is 9.95. The molecule has 1 aliphatic carbocycles. The minimum absolute atomic E-state index is 0.350. The predicted octanol–water partition coefficient (Wildman–Crippen LogP) is 2.46. The van der Waals surface area contributed by atoms with Gasteiger partial charge in [0.05, 0.1) is 18.4 Å². The molecule has 17 heavy (non-hydrogen) atoms. The molecule has 1 saturated carbocycles. The van der Waals surface area contributed by atoms with Gasteiger partial charge in [-0.2, -0.15) is 0 Å². The molecule has 0 saturated heterocycles. The Labute approximate surface area is 101 Å². The molecule has 1 unspecified atom stereocenters. The molecule has 0 radical (unpaired) electrons. The van der Waals surface area contributed by atoms with Gasteiger partial charge in [-0.1, -0.05) is 0 Å². The fraction of sp³-hybridized carbons (Fsp3) is 0.615. The van der Waals surface area contributed by atoms with E-state index in [1.165, 1.54) is 12.3 Å².